The zero-order chi connectivity index (χ0) is 19.5. The number of hydrogen-bond acceptors (Lipinski definition) is 4. The van der Waals surface area contributed by atoms with Gasteiger partial charge >= 0.3 is 5.97 Å². The molecule has 0 bridgehead atoms. The van der Waals surface area contributed by atoms with Crippen LogP contribution in [0.4, 0.5) is 5.69 Å². The molecule has 5 nitrogen and oxygen atoms in total. The van der Waals surface area contributed by atoms with Gasteiger partial charge in [-0.2, -0.15) is 0 Å². The molecule has 1 aliphatic rings. The minimum absolute atomic E-state index is 0.0492. The number of aromatic hydroxyl groups is 1. The smallest absolute Gasteiger partial charge is 0.339 e. The molecule has 4 N–H and O–H groups in total. The Kier molecular flexibility index (Phi) is 6.11. The fourth-order valence-corrected chi connectivity index (χ4v) is 3.69. The minimum Gasteiger partial charge on any atom is -0.507 e. The maximum absolute atomic E-state index is 11.0. The number of rotatable bonds is 1. The molecule has 0 spiro atoms. The monoisotopic (exact) mass is 358 g/mol. The van der Waals surface area contributed by atoms with Gasteiger partial charge in [-0.25, -0.2) is 4.79 Å². The number of carbonyl (C=O) groups is 1. The Morgan fingerprint density at radius 1 is 1.19 bits per heavy atom. The largest absolute Gasteiger partial charge is 0.507 e. The summed E-state index contributed by atoms with van der Waals surface area (Å²) in [5, 5.41) is 18.9. The molecule has 5 heteroatoms. The second-order valence-corrected chi connectivity index (χ2v) is 8.16. The molecular weight excluding hydrogens is 328 g/mol. The van der Waals surface area contributed by atoms with Gasteiger partial charge in [0.2, 0.25) is 0 Å². The van der Waals surface area contributed by atoms with Gasteiger partial charge in [-0.3, -0.25) is 4.98 Å². The van der Waals surface area contributed by atoms with Gasteiger partial charge in [-0.05, 0) is 43.2 Å². The molecule has 3 rings (SSSR count). The molecule has 1 heterocycles. The highest BCUT2D eigenvalue weighted by molar-refractivity contribution is 6.06. The number of nitrogen functional groups attached to an aromatic ring is 1. The second-order valence-electron chi connectivity index (χ2n) is 8.16. The highest BCUT2D eigenvalue weighted by Crippen LogP contribution is 2.37. The summed E-state index contributed by atoms with van der Waals surface area (Å²) >= 11 is 0. The summed E-state index contributed by atoms with van der Waals surface area (Å²) in [6, 6.07) is 4.75. The van der Waals surface area contributed by atoms with Gasteiger partial charge in [0.15, 0.2) is 0 Å². The van der Waals surface area contributed by atoms with Gasteiger partial charge in [0.1, 0.15) is 11.3 Å². The number of fused-ring (bicyclic) bond motifs is 1. The summed E-state index contributed by atoms with van der Waals surface area (Å²) in [5.74, 6) is -0.209. The van der Waals surface area contributed by atoms with Crippen molar-refractivity contribution in [1.82, 2.24) is 4.98 Å². The average Bonchev–Trinajstić information content (AvgIpc) is 2.55. The normalized spacial score (nSPS) is 15.4. The average molecular weight is 358 g/mol. The molecular formula is C21H30N2O3. The number of pyridine rings is 1. The van der Waals surface area contributed by atoms with E-state index in [1.54, 1.807) is 19.1 Å². The van der Waals surface area contributed by atoms with Gasteiger partial charge < -0.3 is 15.9 Å². The standard InChI is InChI=1S/C11H10N2O3.C10H20/c1-5-8(11(15)16)10(12)9-6(13-5)3-2-4-7(9)14;1-10(2,3)9-7-5-4-6-8-9/h2-4,14H,1H3,(H2,12,13)(H,15,16);9H,4-8H2,1-3H3. The third-order valence-corrected chi connectivity index (χ3v) is 5.25. The van der Waals surface area contributed by atoms with Gasteiger partial charge in [0, 0.05) is 0 Å². The first-order chi connectivity index (χ1) is 12.1. The molecule has 1 aromatic carbocycles. The van der Waals surface area contributed by atoms with E-state index in [1.807, 2.05) is 0 Å². The van der Waals surface area contributed by atoms with E-state index in [0.717, 1.165) is 5.92 Å². The van der Waals surface area contributed by atoms with Crippen molar-refractivity contribution in [3.05, 3.63) is 29.5 Å². The van der Waals surface area contributed by atoms with Gasteiger partial charge in [-0.15, -0.1) is 0 Å². The number of anilines is 1. The van der Waals surface area contributed by atoms with Crippen LogP contribution in [0.25, 0.3) is 10.9 Å². The van der Waals surface area contributed by atoms with E-state index in [-0.39, 0.29) is 22.4 Å². The number of aryl methyl sites for hydroxylation is 1. The minimum atomic E-state index is -1.15. The van der Waals surface area contributed by atoms with Crippen molar-refractivity contribution in [2.45, 2.75) is 59.8 Å². The Bertz CT molecular complexity index is 788. The van der Waals surface area contributed by atoms with E-state index in [0.29, 0.717) is 16.6 Å². The van der Waals surface area contributed by atoms with Crippen molar-refractivity contribution >= 4 is 22.6 Å². The molecule has 1 aromatic heterocycles. The molecule has 0 atom stereocenters. The number of nitrogens with two attached hydrogens (primary N) is 1. The van der Waals surface area contributed by atoms with Crippen molar-refractivity contribution in [3.8, 4) is 5.75 Å². The van der Waals surface area contributed by atoms with E-state index in [4.69, 9.17) is 10.8 Å². The van der Waals surface area contributed by atoms with Crippen LogP contribution in [0, 0.1) is 18.3 Å². The first kappa shape index (κ1) is 20.0. The van der Waals surface area contributed by atoms with E-state index >= 15 is 0 Å². The van der Waals surface area contributed by atoms with Crippen molar-refractivity contribution in [3.63, 3.8) is 0 Å². The summed E-state index contributed by atoms with van der Waals surface area (Å²) in [5.41, 5.74) is 7.12. The lowest BCUT2D eigenvalue weighted by molar-refractivity contribution is 0.0697. The number of carboxylic acid groups (broad SMARTS) is 1. The molecule has 0 aliphatic heterocycles. The number of phenols is 1. The van der Waals surface area contributed by atoms with Crippen molar-refractivity contribution in [1.29, 1.82) is 0 Å². The van der Waals surface area contributed by atoms with Crippen LogP contribution in [-0.4, -0.2) is 21.2 Å². The van der Waals surface area contributed by atoms with E-state index < -0.39 is 5.97 Å². The van der Waals surface area contributed by atoms with Crippen LogP contribution in [-0.2, 0) is 0 Å². The molecule has 0 radical (unpaired) electrons. The number of carboxylic acids is 1. The van der Waals surface area contributed by atoms with Crippen LogP contribution >= 0.6 is 0 Å². The lowest BCUT2D eigenvalue weighted by atomic mass is 9.72. The quantitative estimate of drug-likeness (QED) is 0.655. The highest BCUT2D eigenvalue weighted by Gasteiger charge is 2.25. The zero-order valence-electron chi connectivity index (χ0n) is 16.2. The molecule has 1 fully saturated rings. The van der Waals surface area contributed by atoms with Gasteiger partial charge in [-0.1, -0.05) is 46.1 Å². The van der Waals surface area contributed by atoms with Crippen molar-refractivity contribution in [2.75, 3.05) is 5.73 Å². The van der Waals surface area contributed by atoms with E-state index in [1.165, 1.54) is 38.2 Å². The maximum Gasteiger partial charge on any atom is 0.339 e. The van der Waals surface area contributed by atoms with E-state index in [2.05, 4.69) is 25.8 Å². The molecule has 2 aromatic rings. The SMILES string of the molecule is CC(C)(C)C1CCCCC1.Cc1nc2cccc(O)c2c(N)c1C(=O)O. The summed E-state index contributed by atoms with van der Waals surface area (Å²) in [4.78, 5) is 15.1. The zero-order valence-corrected chi connectivity index (χ0v) is 16.2. The number of aromatic carboxylic acids is 1. The lowest BCUT2D eigenvalue weighted by Gasteiger charge is -2.33. The molecule has 26 heavy (non-hydrogen) atoms. The van der Waals surface area contributed by atoms with Gasteiger partial charge in [0.05, 0.1) is 22.3 Å². The Hall–Kier alpha value is -2.30. The fourth-order valence-electron chi connectivity index (χ4n) is 3.69. The maximum atomic E-state index is 11.0. The van der Waals surface area contributed by atoms with Crippen LogP contribution in [0.1, 0.15) is 68.9 Å². The number of hydrogen-bond donors (Lipinski definition) is 3. The molecule has 0 amide bonds. The van der Waals surface area contributed by atoms with Crippen LogP contribution < -0.4 is 5.73 Å². The number of aromatic nitrogens is 1. The fraction of sp³-hybridized carbons (Fsp3) is 0.524. The van der Waals surface area contributed by atoms with Crippen LogP contribution in [0.5, 0.6) is 5.75 Å². The summed E-state index contributed by atoms with van der Waals surface area (Å²) in [6.07, 6.45) is 7.38. The van der Waals surface area contributed by atoms with Crippen LogP contribution in [0.3, 0.4) is 0 Å². The van der Waals surface area contributed by atoms with Gasteiger partial charge in [0.25, 0.3) is 0 Å². The lowest BCUT2D eigenvalue weighted by Crippen LogP contribution is -2.22. The highest BCUT2D eigenvalue weighted by atomic mass is 16.4. The molecule has 1 aliphatic carbocycles. The second kappa shape index (κ2) is 7.94. The summed E-state index contributed by atoms with van der Waals surface area (Å²) in [6.45, 7) is 8.71. The number of phenolic OH excluding ortho intramolecular Hbond substituents is 1. The predicted octanol–water partition coefficient (Wildman–Crippen LogP) is 5.14. The number of benzene rings is 1. The van der Waals surface area contributed by atoms with Crippen LogP contribution in [0.15, 0.2) is 18.2 Å². The molecule has 1 saturated carbocycles. The first-order valence-electron chi connectivity index (χ1n) is 9.24. The third kappa shape index (κ3) is 4.45. The van der Waals surface area contributed by atoms with Crippen molar-refractivity contribution in [2.24, 2.45) is 11.3 Å². The Morgan fingerprint density at radius 2 is 1.81 bits per heavy atom. The third-order valence-electron chi connectivity index (χ3n) is 5.25. The molecule has 0 saturated heterocycles. The predicted molar refractivity (Wildman–Crippen MR) is 106 cm³/mol. The van der Waals surface area contributed by atoms with Crippen molar-refractivity contribution < 1.29 is 15.0 Å². The molecule has 142 valence electrons. The molecule has 0 unspecified atom stereocenters. The number of nitrogens with zero attached hydrogens (tertiary/aromatic N) is 1. The Morgan fingerprint density at radius 3 is 2.31 bits per heavy atom. The topological polar surface area (TPSA) is 96.4 Å². The first-order valence-corrected chi connectivity index (χ1v) is 9.24. The Balaban J connectivity index is 0.000000209. The van der Waals surface area contributed by atoms with Crippen LogP contribution in [0.2, 0.25) is 0 Å². The summed E-state index contributed by atoms with van der Waals surface area (Å²) < 4.78 is 0. The van der Waals surface area contributed by atoms with E-state index in [9.17, 15) is 9.90 Å². The summed E-state index contributed by atoms with van der Waals surface area (Å²) in [7, 11) is 0. The Labute approximate surface area is 155 Å².